The number of anilines is 1. The van der Waals surface area contributed by atoms with Crippen LogP contribution in [-0.2, 0) is 16.6 Å². The van der Waals surface area contributed by atoms with Crippen molar-refractivity contribution in [2.45, 2.75) is 19.4 Å². The third kappa shape index (κ3) is 5.76. The van der Waals surface area contributed by atoms with E-state index in [4.69, 9.17) is 4.74 Å². The summed E-state index contributed by atoms with van der Waals surface area (Å²) in [6.45, 7) is 1.76. The molecule has 1 aromatic heterocycles. The Morgan fingerprint density at radius 2 is 1.85 bits per heavy atom. The van der Waals surface area contributed by atoms with Gasteiger partial charge in [-0.1, -0.05) is 36.4 Å². The number of rotatable bonds is 7. The third-order valence-corrected chi connectivity index (χ3v) is 4.94. The summed E-state index contributed by atoms with van der Waals surface area (Å²) in [4.78, 5) is 37.1. The molecule has 0 bridgehead atoms. The van der Waals surface area contributed by atoms with Gasteiger partial charge in [0.25, 0.3) is 5.56 Å². The fourth-order valence-electron chi connectivity index (χ4n) is 3.29. The molecule has 1 atom stereocenters. The molecular formula is C24H24FN3O5. The van der Waals surface area contributed by atoms with Crippen molar-refractivity contribution in [1.29, 1.82) is 0 Å². The number of halogens is 1. The molecule has 33 heavy (non-hydrogen) atoms. The number of benzene rings is 2. The summed E-state index contributed by atoms with van der Waals surface area (Å²) >= 11 is 0. The largest absolute Gasteiger partial charge is 0.505 e. The Bertz CT molecular complexity index is 1210. The Morgan fingerprint density at radius 3 is 2.55 bits per heavy atom. The number of carbonyl (C=O) groups excluding carboxylic acids is 2. The van der Waals surface area contributed by atoms with Gasteiger partial charge in [0.15, 0.2) is 5.69 Å². The maximum atomic E-state index is 14.8. The van der Waals surface area contributed by atoms with Crippen LogP contribution in [0.3, 0.4) is 0 Å². The number of nitrogens with zero attached hydrogens (tertiary/aromatic N) is 1. The van der Waals surface area contributed by atoms with Crippen LogP contribution in [0.15, 0.2) is 65.6 Å². The molecule has 1 heterocycles. The van der Waals surface area contributed by atoms with Gasteiger partial charge in [-0.05, 0) is 36.2 Å². The van der Waals surface area contributed by atoms with Crippen molar-refractivity contribution in [2.75, 3.05) is 11.9 Å². The summed E-state index contributed by atoms with van der Waals surface area (Å²) < 4.78 is 21.0. The molecule has 1 unspecified atom stereocenters. The van der Waals surface area contributed by atoms with Crippen LogP contribution in [0.4, 0.5) is 14.9 Å². The van der Waals surface area contributed by atoms with Gasteiger partial charge in [0.2, 0.25) is 0 Å². The van der Waals surface area contributed by atoms with Crippen molar-refractivity contribution in [1.82, 2.24) is 9.88 Å². The highest BCUT2D eigenvalue weighted by atomic mass is 19.1. The number of aromatic nitrogens is 1. The number of aromatic hydroxyl groups is 1. The van der Waals surface area contributed by atoms with Crippen molar-refractivity contribution >= 4 is 17.7 Å². The Balaban J connectivity index is 1.92. The third-order valence-electron chi connectivity index (χ3n) is 4.94. The summed E-state index contributed by atoms with van der Waals surface area (Å²) in [6.07, 6.45) is 1.00. The molecule has 3 rings (SSSR count). The Kier molecular flexibility index (Phi) is 7.45. The highest BCUT2D eigenvalue weighted by Gasteiger charge is 2.24. The second-order valence-electron chi connectivity index (χ2n) is 7.25. The van der Waals surface area contributed by atoms with E-state index < -0.39 is 35.2 Å². The molecule has 0 saturated carbocycles. The molecule has 0 spiro atoms. The van der Waals surface area contributed by atoms with Crippen LogP contribution < -0.4 is 16.2 Å². The molecule has 0 aliphatic rings. The van der Waals surface area contributed by atoms with Gasteiger partial charge in [0.1, 0.15) is 11.6 Å². The van der Waals surface area contributed by atoms with Gasteiger partial charge in [-0.25, -0.2) is 9.18 Å². The molecule has 172 valence electrons. The summed E-state index contributed by atoms with van der Waals surface area (Å²) in [6, 6.07) is 12.9. The van der Waals surface area contributed by atoms with E-state index in [0.29, 0.717) is 5.56 Å². The highest BCUT2D eigenvalue weighted by Crippen LogP contribution is 2.28. The predicted octanol–water partition coefficient (Wildman–Crippen LogP) is 3.71. The lowest BCUT2D eigenvalue weighted by Crippen LogP contribution is -2.36. The smallest absolute Gasteiger partial charge is 0.319 e. The highest BCUT2D eigenvalue weighted by molar-refractivity contribution is 5.91. The monoisotopic (exact) mass is 453 g/mol. The average molecular weight is 453 g/mol. The Hall–Kier alpha value is -4.14. The van der Waals surface area contributed by atoms with Crippen LogP contribution in [0, 0.1) is 5.82 Å². The topological polar surface area (TPSA) is 110 Å². The summed E-state index contributed by atoms with van der Waals surface area (Å²) in [5.74, 6) is -1.68. The number of ether oxygens (including phenoxy) is 1. The number of urea groups is 1. The van der Waals surface area contributed by atoms with Crippen LogP contribution >= 0.6 is 0 Å². The van der Waals surface area contributed by atoms with Crippen molar-refractivity contribution in [3.8, 4) is 16.9 Å². The maximum Gasteiger partial charge on any atom is 0.319 e. The second kappa shape index (κ2) is 10.4. The summed E-state index contributed by atoms with van der Waals surface area (Å²) in [7, 11) is 1.46. The summed E-state index contributed by atoms with van der Waals surface area (Å²) in [5.41, 5.74) is 0.619. The number of nitrogens with one attached hydrogen (secondary N) is 2. The first-order valence-corrected chi connectivity index (χ1v) is 10.3. The molecule has 8 nitrogen and oxygen atoms in total. The molecule has 3 N–H and O–H groups in total. The molecular weight excluding hydrogens is 429 g/mol. The molecule has 0 aliphatic carbocycles. The molecule has 3 aromatic rings. The van der Waals surface area contributed by atoms with Crippen LogP contribution in [0.25, 0.3) is 11.1 Å². The minimum absolute atomic E-state index is 0.0738. The van der Waals surface area contributed by atoms with E-state index in [1.54, 1.807) is 19.1 Å². The van der Waals surface area contributed by atoms with Gasteiger partial charge in [-0.3, -0.25) is 9.59 Å². The lowest BCUT2D eigenvalue weighted by Gasteiger charge is -2.20. The fraction of sp³-hybridized carbons (Fsp3) is 0.208. The van der Waals surface area contributed by atoms with Crippen molar-refractivity contribution in [2.24, 2.45) is 7.05 Å². The zero-order chi connectivity index (χ0) is 24.0. The molecule has 2 amide bonds. The van der Waals surface area contributed by atoms with Gasteiger partial charge >= 0.3 is 12.0 Å². The molecule has 0 aliphatic heterocycles. The van der Waals surface area contributed by atoms with Crippen molar-refractivity contribution in [3.63, 3.8) is 0 Å². The van der Waals surface area contributed by atoms with Gasteiger partial charge in [-0.15, -0.1) is 0 Å². The fourth-order valence-corrected chi connectivity index (χ4v) is 3.29. The minimum atomic E-state index is -1.09. The quantitative estimate of drug-likeness (QED) is 0.473. The number of pyridine rings is 1. The first-order chi connectivity index (χ1) is 15.8. The molecule has 0 fully saturated rings. The van der Waals surface area contributed by atoms with Gasteiger partial charge in [0, 0.05) is 18.8 Å². The Morgan fingerprint density at radius 1 is 1.12 bits per heavy atom. The zero-order valence-electron chi connectivity index (χ0n) is 18.2. The van der Waals surface area contributed by atoms with Crippen molar-refractivity contribution in [3.05, 3.63) is 82.5 Å². The molecule has 0 saturated heterocycles. The SMILES string of the molecule is CCOC(=O)CC(NC(=O)Nc1c(O)ccn(C)c1=O)c1cc(-c2ccccc2)ccc1F. The van der Waals surface area contributed by atoms with E-state index in [1.165, 1.54) is 29.9 Å². The van der Waals surface area contributed by atoms with Crippen LogP contribution in [0.5, 0.6) is 5.75 Å². The zero-order valence-corrected chi connectivity index (χ0v) is 18.2. The second-order valence-corrected chi connectivity index (χ2v) is 7.25. The predicted molar refractivity (Wildman–Crippen MR) is 121 cm³/mol. The maximum absolute atomic E-state index is 14.8. The van der Waals surface area contributed by atoms with Gasteiger partial charge in [0.05, 0.1) is 19.1 Å². The minimum Gasteiger partial charge on any atom is -0.505 e. The average Bonchev–Trinajstić information content (AvgIpc) is 2.80. The number of aryl methyl sites for hydroxylation is 1. The number of esters is 1. The normalized spacial score (nSPS) is 11.5. The number of carbonyl (C=O) groups is 2. The van der Waals surface area contributed by atoms with Crippen LogP contribution in [0.1, 0.15) is 24.9 Å². The number of hydrogen-bond donors (Lipinski definition) is 3. The molecule has 2 aromatic carbocycles. The molecule has 0 radical (unpaired) electrons. The van der Waals surface area contributed by atoms with Gasteiger partial charge < -0.3 is 25.0 Å². The number of amides is 2. The standard InChI is InChI=1S/C24H24FN3O5/c1-3-33-21(30)14-19(26-24(32)27-22-20(29)11-12-28(2)23(22)31)17-13-16(9-10-18(17)25)15-7-5-4-6-8-15/h4-13,19,29H,3,14H2,1-2H3,(H2,26,27,32). The molecule has 9 heteroatoms. The van der Waals surface area contributed by atoms with Crippen LogP contribution in [0.2, 0.25) is 0 Å². The lowest BCUT2D eigenvalue weighted by atomic mass is 9.97. The van der Waals surface area contributed by atoms with E-state index >= 15 is 0 Å². The number of hydrogen-bond acceptors (Lipinski definition) is 5. The lowest BCUT2D eigenvalue weighted by molar-refractivity contribution is -0.143. The summed E-state index contributed by atoms with van der Waals surface area (Å²) in [5, 5.41) is 14.7. The Labute approximate surface area is 189 Å². The first-order valence-electron chi connectivity index (χ1n) is 10.3. The van der Waals surface area contributed by atoms with Gasteiger partial charge in [-0.2, -0.15) is 0 Å². The van der Waals surface area contributed by atoms with Crippen molar-refractivity contribution < 1.29 is 23.8 Å². The van der Waals surface area contributed by atoms with E-state index in [-0.39, 0.29) is 24.3 Å². The van der Waals surface area contributed by atoms with E-state index in [2.05, 4.69) is 10.6 Å². The first kappa shape index (κ1) is 23.5. The van der Waals surface area contributed by atoms with E-state index in [1.807, 2.05) is 30.3 Å². The van der Waals surface area contributed by atoms with E-state index in [0.717, 1.165) is 5.56 Å². The van der Waals surface area contributed by atoms with Crippen LogP contribution in [-0.4, -0.2) is 28.3 Å². The van der Waals surface area contributed by atoms with E-state index in [9.17, 15) is 23.9 Å².